The van der Waals surface area contributed by atoms with E-state index in [1.807, 2.05) is 72.8 Å². The van der Waals surface area contributed by atoms with Gasteiger partial charge in [-0.25, -0.2) is 4.79 Å². The molecule has 0 saturated heterocycles. The van der Waals surface area contributed by atoms with Crippen LogP contribution in [0.2, 0.25) is 0 Å². The molecule has 0 aliphatic rings. The first-order chi connectivity index (χ1) is 17.5. The number of aryl methyl sites for hydroxylation is 2. The van der Waals surface area contributed by atoms with Crippen LogP contribution in [0.5, 0.6) is 17.2 Å². The monoisotopic (exact) mass is 480 g/mol. The van der Waals surface area contributed by atoms with E-state index in [0.717, 1.165) is 28.1 Å². The lowest BCUT2D eigenvalue weighted by Crippen LogP contribution is -2.11. The van der Waals surface area contributed by atoms with Crippen LogP contribution in [0.4, 0.5) is 0 Å². The normalized spacial score (nSPS) is 11.0. The highest BCUT2D eigenvalue weighted by molar-refractivity contribution is 6.19. The molecule has 0 fully saturated rings. The van der Waals surface area contributed by atoms with Gasteiger partial charge in [-0.15, -0.1) is 0 Å². The summed E-state index contributed by atoms with van der Waals surface area (Å²) in [6, 6.07) is 28.4. The highest BCUT2D eigenvalue weighted by Gasteiger charge is 2.20. The number of carbonyl (C=O) groups is 2. The van der Waals surface area contributed by atoms with Crippen LogP contribution in [-0.2, 0) is 17.8 Å². The zero-order chi connectivity index (χ0) is 25.1. The second-order valence-corrected chi connectivity index (χ2v) is 8.36. The summed E-state index contributed by atoms with van der Waals surface area (Å²) < 4.78 is 13.7. The number of carbonyl (C=O) groups excluding carboxylic acids is 1. The van der Waals surface area contributed by atoms with Crippen molar-refractivity contribution in [3.8, 4) is 17.2 Å². The number of aromatic nitrogens is 1. The van der Waals surface area contributed by atoms with Gasteiger partial charge < -0.3 is 24.9 Å². The average Bonchev–Trinajstić information content (AvgIpc) is 3.21. The Morgan fingerprint density at radius 2 is 1.50 bits per heavy atom. The van der Waals surface area contributed by atoms with E-state index in [2.05, 4.69) is 4.57 Å². The fourth-order valence-corrected chi connectivity index (χ4v) is 4.49. The van der Waals surface area contributed by atoms with Gasteiger partial charge in [0.05, 0.1) is 16.4 Å². The number of amides is 1. The highest BCUT2D eigenvalue weighted by atomic mass is 16.5. The van der Waals surface area contributed by atoms with Crippen LogP contribution in [0.3, 0.4) is 0 Å². The van der Waals surface area contributed by atoms with Gasteiger partial charge >= 0.3 is 5.97 Å². The average molecular weight is 481 g/mol. The smallest absolute Gasteiger partial charge is 0.341 e. The van der Waals surface area contributed by atoms with Gasteiger partial charge in [0.15, 0.2) is 6.61 Å². The number of ether oxygens (including phenoxy) is 2. The first-order valence-electron chi connectivity index (χ1n) is 11.5. The molecular formula is C29H24N2O5. The fraction of sp³-hybridized carbons (Fsp3) is 0.103. The summed E-state index contributed by atoms with van der Waals surface area (Å²) in [4.78, 5) is 23.4. The van der Waals surface area contributed by atoms with Gasteiger partial charge in [0.25, 0.3) is 0 Å². The van der Waals surface area contributed by atoms with Crippen LogP contribution in [-0.4, -0.2) is 28.2 Å². The maximum atomic E-state index is 12.3. The van der Waals surface area contributed by atoms with Gasteiger partial charge in [0.2, 0.25) is 5.91 Å². The third-order valence-corrected chi connectivity index (χ3v) is 6.00. The van der Waals surface area contributed by atoms with Crippen molar-refractivity contribution in [3.63, 3.8) is 0 Å². The molecule has 5 aromatic rings. The summed E-state index contributed by atoms with van der Waals surface area (Å²) in [7, 11) is 0. The summed E-state index contributed by atoms with van der Waals surface area (Å²) in [6.45, 7) is 0.123. The minimum Gasteiger partial charge on any atom is -0.481 e. The molecule has 0 aliphatic carbocycles. The molecule has 5 rings (SSSR count). The van der Waals surface area contributed by atoms with Crippen LogP contribution in [0.15, 0.2) is 91.0 Å². The molecule has 1 amide bonds. The molecule has 3 N–H and O–H groups in total. The molecule has 4 aromatic carbocycles. The Hall–Kier alpha value is -4.78. The zero-order valence-corrected chi connectivity index (χ0v) is 19.4. The van der Waals surface area contributed by atoms with E-state index in [1.165, 1.54) is 0 Å². The second kappa shape index (κ2) is 9.84. The topological polar surface area (TPSA) is 104 Å². The van der Waals surface area contributed by atoms with E-state index >= 15 is 0 Å². The molecule has 0 atom stereocenters. The summed E-state index contributed by atoms with van der Waals surface area (Å²) >= 11 is 0. The number of nitrogens with two attached hydrogens (primary N) is 1. The number of carboxylic acids is 1. The van der Waals surface area contributed by atoms with E-state index < -0.39 is 18.5 Å². The molecule has 0 saturated carbocycles. The van der Waals surface area contributed by atoms with Crippen LogP contribution < -0.4 is 15.2 Å². The van der Waals surface area contributed by atoms with E-state index in [1.54, 1.807) is 18.2 Å². The predicted molar refractivity (Wildman–Crippen MR) is 138 cm³/mol. The molecule has 180 valence electrons. The molecule has 0 radical (unpaired) electrons. The Labute approximate surface area is 207 Å². The third-order valence-electron chi connectivity index (χ3n) is 6.00. The molecule has 0 unspecified atom stereocenters. The van der Waals surface area contributed by atoms with Gasteiger partial charge in [-0.2, -0.15) is 0 Å². The van der Waals surface area contributed by atoms with Crippen LogP contribution >= 0.6 is 0 Å². The number of primary amides is 1. The highest BCUT2D eigenvalue weighted by Crippen LogP contribution is 2.38. The SMILES string of the molecule is NC(=O)c1cccc2c1c1c(OCC(=O)O)cccc1n2CCc1cccc(Oc2ccccc2)c1. The molecule has 0 aliphatic heterocycles. The lowest BCUT2D eigenvalue weighted by atomic mass is 10.1. The van der Waals surface area contributed by atoms with Gasteiger partial charge in [0.1, 0.15) is 17.2 Å². The number of rotatable bonds is 9. The van der Waals surface area contributed by atoms with E-state index in [4.69, 9.17) is 20.3 Å². The van der Waals surface area contributed by atoms with E-state index in [-0.39, 0.29) is 0 Å². The van der Waals surface area contributed by atoms with E-state index in [0.29, 0.717) is 35.1 Å². The molecule has 0 bridgehead atoms. The number of aliphatic carboxylic acids is 1. The predicted octanol–water partition coefficient (Wildman–Crippen LogP) is 5.39. The number of carboxylic acid groups (broad SMARTS) is 1. The zero-order valence-electron chi connectivity index (χ0n) is 19.4. The molecule has 1 heterocycles. The number of para-hydroxylation sites is 1. The van der Waals surface area contributed by atoms with Gasteiger partial charge in [-0.1, -0.05) is 42.5 Å². The standard InChI is InChI=1S/C29H24N2O5/c30-29(34)22-11-5-12-23-27(22)28-24(13-6-14-25(28)35-18-26(32)33)31(23)16-15-19-7-4-10-21(17-19)36-20-8-2-1-3-9-20/h1-14,17H,15-16,18H2,(H2,30,34)(H,32,33). The third kappa shape index (κ3) is 4.59. The van der Waals surface area contributed by atoms with Crippen molar-refractivity contribution >= 4 is 33.7 Å². The molecule has 0 spiro atoms. The lowest BCUT2D eigenvalue weighted by molar-refractivity contribution is -0.139. The quantitative estimate of drug-likeness (QED) is 0.294. The number of hydrogen-bond acceptors (Lipinski definition) is 4. The molecule has 7 heteroatoms. The largest absolute Gasteiger partial charge is 0.481 e. The number of hydrogen-bond donors (Lipinski definition) is 2. The number of fused-ring (bicyclic) bond motifs is 3. The first kappa shape index (κ1) is 23.0. The molecule has 36 heavy (non-hydrogen) atoms. The fourth-order valence-electron chi connectivity index (χ4n) is 4.49. The Morgan fingerprint density at radius 3 is 2.25 bits per heavy atom. The minimum absolute atomic E-state index is 0.362. The van der Waals surface area contributed by atoms with Gasteiger partial charge in [0, 0.05) is 17.5 Å². The molecule has 1 aromatic heterocycles. The lowest BCUT2D eigenvalue weighted by Gasteiger charge is -2.10. The van der Waals surface area contributed by atoms with Crippen molar-refractivity contribution in [3.05, 3.63) is 102 Å². The molecular weight excluding hydrogens is 456 g/mol. The first-order valence-corrected chi connectivity index (χ1v) is 11.5. The van der Waals surface area contributed by atoms with Crippen molar-refractivity contribution in [2.45, 2.75) is 13.0 Å². The second-order valence-electron chi connectivity index (χ2n) is 8.36. The van der Waals surface area contributed by atoms with Crippen molar-refractivity contribution in [1.82, 2.24) is 4.57 Å². The van der Waals surface area contributed by atoms with E-state index in [9.17, 15) is 9.59 Å². The van der Waals surface area contributed by atoms with Gasteiger partial charge in [-0.05, 0) is 60.5 Å². The summed E-state index contributed by atoms with van der Waals surface area (Å²) in [5, 5.41) is 10.4. The number of benzene rings is 4. The summed E-state index contributed by atoms with van der Waals surface area (Å²) in [5.41, 5.74) is 8.80. The summed E-state index contributed by atoms with van der Waals surface area (Å²) in [6.07, 6.45) is 0.700. The van der Waals surface area contributed by atoms with Crippen molar-refractivity contribution in [2.75, 3.05) is 6.61 Å². The van der Waals surface area contributed by atoms with Crippen molar-refractivity contribution in [2.24, 2.45) is 5.73 Å². The Kier molecular flexibility index (Phi) is 6.28. The summed E-state index contributed by atoms with van der Waals surface area (Å²) in [5.74, 6) is 0.277. The maximum Gasteiger partial charge on any atom is 0.341 e. The van der Waals surface area contributed by atoms with Crippen molar-refractivity contribution in [1.29, 1.82) is 0 Å². The minimum atomic E-state index is -1.08. The van der Waals surface area contributed by atoms with Crippen LogP contribution in [0.1, 0.15) is 15.9 Å². The van der Waals surface area contributed by atoms with Crippen LogP contribution in [0, 0.1) is 0 Å². The number of nitrogens with zero attached hydrogens (tertiary/aromatic N) is 1. The van der Waals surface area contributed by atoms with Crippen LogP contribution in [0.25, 0.3) is 21.8 Å². The van der Waals surface area contributed by atoms with Gasteiger partial charge in [-0.3, -0.25) is 4.79 Å². The Balaban J connectivity index is 1.53. The maximum absolute atomic E-state index is 12.3. The van der Waals surface area contributed by atoms with Crippen molar-refractivity contribution < 1.29 is 24.2 Å². The molecule has 7 nitrogen and oxygen atoms in total. The Bertz CT molecular complexity index is 1570. The Morgan fingerprint density at radius 1 is 0.806 bits per heavy atom.